The molecule has 0 aliphatic heterocycles. The van der Waals surface area contributed by atoms with Crippen LogP contribution in [-0.2, 0) is 16.1 Å². The maximum Gasteiger partial charge on any atom is 0.324 e. The number of thiazole rings is 1. The molecule has 0 aliphatic rings. The molecule has 1 aromatic carbocycles. The average molecular weight is 448 g/mol. The fourth-order valence-electron chi connectivity index (χ4n) is 2.59. The van der Waals surface area contributed by atoms with Crippen LogP contribution < -0.4 is 4.80 Å². The average Bonchev–Trinajstić information content (AvgIpc) is 3.31. The molecule has 1 amide bonds. The molecule has 0 spiro atoms. The van der Waals surface area contributed by atoms with Crippen molar-refractivity contribution >= 4 is 55.6 Å². The topological polar surface area (TPSA) is 130 Å². The highest BCUT2D eigenvalue weighted by Crippen LogP contribution is 2.25. The van der Waals surface area contributed by atoms with Gasteiger partial charge in [0.25, 0.3) is 11.6 Å². The Balaban J connectivity index is 1.94. The molecule has 0 unspecified atom stereocenters. The third-order valence-electron chi connectivity index (χ3n) is 3.93. The first kappa shape index (κ1) is 21.5. The molecule has 0 saturated carbocycles. The number of nitro benzene ring substituents is 1. The molecule has 0 bridgehead atoms. The zero-order chi connectivity index (χ0) is 21.7. The lowest BCUT2D eigenvalue weighted by Gasteiger charge is -2.05. The maximum absolute atomic E-state index is 12.3. The van der Waals surface area contributed by atoms with E-state index in [4.69, 9.17) is 4.74 Å². The predicted molar refractivity (Wildman–Crippen MR) is 114 cm³/mol. The highest BCUT2D eigenvalue weighted by molar-refractivity contribution is 7.16. The van der Waals surface area contributed by atoms with Gasteiger partial charge in [0, 0.05) is 42.3 Å². The van der Waals surface area contributed by atoms with Crippen LogP contribution >= 0.6 is 22.7 Å². The number of nitrogens with zero attached hydrogens (tertiary/aromatic N) is 4. The second-order valence-electron chi connectivity index (χ2n) is 5.86. The van der Waals surface area contributed by atoms with Crippen molar-refractivity contribution < 1.29 is 19.4 Å². The number of nitro groups is 2. The number of rotatable bonds is 8. The number of ether oxygens (including phenoxy) is 1. The molecule has 3 rings (SSSR count). The van der Waals surface area contributed by atoms with Gasteiger partial charge in [-0.3, -0.25) is 25.0 Å². The molecular weight excluding hydrogens is 432 g/mol. The third kappa shape index (κ3) is 5.03. The van der Waals surface area contributed by atoms with E-state index >= 15 is 0 Å². The van der Waals surface area contributed by atoms with Gasteiger partial charge in [0.1, 0.15) is 0 Å². The zero-order valence-electron chi connectivity index (χ0n) is 15.7. The number of non-ortho nitro benzene ring substituents is 1. The lowest BCUT2D eigenvalue weighted by atomic mass is 10.3. The number of hydrogen-bond acceptors (Lipinski definition) is 8. The summed E-state index contributed by atoms with van der Waals surface area (Å²) in [5.74, 6) is -0.544. The molecule has 2 aromatic heterocycles. The van der Waals surface area contributed by atoms with Gasteiger partial charge in [-0.25, -0.2) is 0 Å². The molecule has 12 heteroatoms. The Bertz CT molecular complexity index is 1210. The number of benzene rings is 1. The van der Waals surface area contributed by atoms with E-state index in [1.807, 2.05) is 6.92 Å². The van der Waals surface area contributed by atoms with Gasteiger partial charge in [-0.05, 0) is 25.1 Å². The van der Waals surface area contributed by atoms with Gasteiger partial charge in [0.05, 0.1) is 26.7 Å². The number of thiophene rings is 1. The highest BCUT2D eigenvalue weighted by Gasteiger charge is 2.13. The monoisotopic (exact) mass is 448 g/mol. The van der Waals surface area contributed by atoms with E-state index < -0.39 is 15.8 Å². The molecule has 2 heterocycles. The number of fused-ring (bicyclic) bond motifs is 1. The largest absolute Gasteiger partial charge is 0.380 e. The predicted octanol–water partition coefficient (Wildman–Crippen LogP) is 3.76. The van der Waals surface area contributed by atoms with Crippen LogP contribution in [0.1, 0.15) is 11.8 Å². The second-order valence-corrected chi connectivity index (χ2v) is 7.96. The van der Waals surface area contributed by atoms with Crippen LogP contribution in [0.25, 0.3) is 16.3 Å². The van der Waals surface area contributed by atoms with Crippen LogP contribution in [-0.4, -0.2) is 33.5 Å². The van der Waals surface area contributed by atoms with E-state index in [0.29, 0.717) is 34.1 Å². The molecule has 0 atom stereocenters. The number of carbonyl (C=O) groups is 1. The van der Waals surface area contributed by atoms with Crippen LogP contribution in [0.15, 0.2) is 41.4 Å². The van der Waals surface area contributed by atoms with Gasteiger partial charge in [0.2, 0.25) is 0 Å². The molecule has 156 valence electrons. The van der Waals surface area contributed by atoms with Crippen LogP contribution in [0.2, 0.25) is 0 Å². The second kappa shape index (κ2) is 9.52. The lowest BCUT2D eigenvalue weighted by molar-refractivity contribution is -0.384. The Labute approximate surface area is 177 Å². The zero-order valence-corrected chi connectivity index (χ0v) is 17.4. The summed E-state index contributed by atoms with van der Waals surface area (Å²) in [6, 6.07) is 7.39. The summed E-state index contributed by atoms with van der Waals surface area (Å²) in [4.78, 5) is 38.2. The number of aromatic nitrogens is 1. The Morgan fingerprint density at radius 3 is 2.67 bits per heavy atom. The number of carbonyl (C=O) groups excluding carboxylic acids is 1. The molecule has 0 N–H and O–H groups in total. The van der Waals surface area contributed by atoms with Gasteiger partial charge in [-0.1, -0.05) is 22.7 Å². The first-order valence-electron chi connectivity index (χ1n) is 8.75. The SMILES string of the molecule is CCOCCn1c(=NC(=O)/C=C\c2ccc([N+](=O)[O-])s2)sc2cc([N+](=O)[O-])ccc21. The van der Waals surface area contributed by atoms with Gasteiger partial charge in [0.15, 0.2) is 4.80 Å². The molecule has 10 nitrogen and oxygen atoms in total. The smallest absolute Gasteiger partial charge is 0.324 e. The van der Waals surface area contributed by atoms with Crippen molar-refractivity contribution in [2.45, 2.75) is 13.5 Å². The molecule has 30 heavy (non-hydrogen) atoms. The minimum atomic E-state index is -0.544. The summed E-state index contributed by atoms with van der Waals surface area (Å²) in [6.45, 7) is 3.23. The quantitative estimate of drug-likeness (QED) is 0.223. The fraction of sp³-hybridized carbons (Fsp3) is 0.222. The van der Waals surface area contributed by atoms with E-state index in [0.717, 1.165) is 16.9 Å². The first-order chi connectivity index (χ1) is 14.4. The minimum Gasteiger partial charge on any atom is -0.380 e. The lowest BCUT2D eigenvalue weighted by Crippen LogP contribution is -2.19. The normalized spacial score (nSPS) is 12.1. The summed E-state index contributed by atoms with van der Waals surface area (Å²) in [5.41, 5.74) is 0.674. The van der Waals surface area contributed by atoms with Crippen molar-refractivity contribution in [1.29, 1.82) is 0 Å². The van der Waals surface area contributed by atoms with Gasteiger partial charge >= 0.3 is 5.00 Å². The van der Waals surface area contributed by atoms with Gasteiger partial charge < -0.3 is 9.30 Å². The van der Waals surface area contributed by atoms with E-state index in [1.54, 1.807) is 16.7 Å². The summed E-state index contributed by atoms with van der Waals surface area (Å²) in [5, 5.41) is 21.8. The van der Waals surface area contributed by atoms with Crippen molar-refractivity contribution in [3.05, 3.63) is 66.3 Å². The van der Waals surface area contributed by atoms with Gasteiger partial charge in [-0.2, -0.15) is 4.99 Å². The fourth-order valence-corrected chi connectivity index (χ4v) is 4.41. The van der Waals surface area contributed by atoms with E-state index in [9.17, 15) is 25.0 Å². The molecular formula is C18H16N4O6S2. The van der Waals surface area contributed by atoms with Crippen LogP contribution in [0.4, 0.5) is 10.7 Å². The van der Waals surface area contributed by atoms with Crippen LogP contribution in [0, 0.1) is 20.2 Å². The summed E-state index contributed by atoms with van der Waals surface area (Å²) < 4.78 is 7.79. The highest BCUT2D eigenvalue weighted by atomic mass is 32.1. The van der Waals surface area contributed by atoms with E-state index in [2.05, 4.69) is 4.99 Å². The van der Waals surface area contributed by atoms with Crippen LogP contribution in [0.3, 0.4) is 0 Å². The molecule has 0 fully saturated rings. The first-order valence-corrected chi connectivity index (χ1v) is 10.4. The van der Waals surface area contributed by atoms with Crippen molar-refractivity contribution in [3.8, 4) is 0 Å². The molecule has 0 radical (unpaired) electrons. The minimum absolute atomic E-state index is 0.0149. The maximum atomic E-state index is 12.3. The van der Waals surface area contributed by atoms with Crippen molar-refractivity contribution in [2.75, 3.05) is 13.2 Å². The Morgan fingerprint density at radius 2 is 2.00 bits per heavy atom. The Hall–Kier alpha value is -3.22. The molecule has 0 saturated heterocycles. The number of amides is 1. The third-order valence-corrected chi connectivity index (χ3v) is 5.97. The molecule has 3 aromatic rings. The Kier molecular flexibility index (Phi) is 6.82. The summed E-state index contributed by atoms with van der Waals surface area (Å²) >= 11 is 2.12. The van der Waals surface area contributed by atoms with Gasteiger partial charge in [-0.15, -0.1) is 0 Å². The number of hydrogen-bond donors (Lipinski definition) is 0. The van der Waals surface area contributed by atoms with Crippen molar-refractivity contribution in [1.82, 2.24) is 4.57 Å². The summed E-state index contributed by atoms with van der Waals surface area (Å²) in [7, 11) is 0. The summed E-state index contributed by atoms with van der Waals surface area (Å²) in [6.07, 6.45) is 2.70. The van der Waals surface area contributed by atoms with Crippen molar-refractivity contribution in [2.24, 2.45) is 4.99 Å². The molecule has 0 aliphatic carbocycles. The van der Waals surface area contributed by atoms with E-state index in [1.165, 1.54) is 41.7 Å². The van der Waals surface area contributed by atoms with E-state index in [-0.39, 0.29) is 10.7 Å². The van der Waals surface area contributed by atoms with Crippen LogP contribution in [0.5, 0.6) is 0 Å². The standard InChI is InChI=1S/C18H16N4O6S2/c1-2-28-10-9-20-14-6-3-12(21(24)25)11-15(14)30-18(20)19-16(23)7-4-13-5-8-17(29-13)22(26)27/h3-8,11H,2,9-10H2,1H3/b7-4-,19-18?. The Morgan fingerprint density at radius 1 is 1.20 bits per heavy atom. The van der Waals surface area contributed by atoms with Crippen molar-refractivity contribution in [3.63, 3.8) is 0 Å².